The van der Waals surface area contributed by atoms with Gasteiger partial charge in [0.25, 0.3) is 0 Å². The van der Waals surface area contributed by atoms with Crippen LogP contribution in [-0.2, 0) is 4.79 Å². The van der Waals surface area contributed by atoms with Crippen molar-refractivity contribution >= 4 is 5.91 Å². The van der Waals surface area contributed by atoms with Crippen LogP contribution in [0.3, 0.4) is 0 Å². The van der Waals surface area contributed by atoms with Crippen molar-refractivity contribution in [3.63, 3.8) is 0 Å². The van der Waals surface area contributed by atoms with Gasteiger partial charge in [0.05, 0.1) is 11.7 Å². The second kappa shape index (κ2) is 4.37. The molecule has 0 bridgehead atoms. The van der Waals surface area contributed by atoms with E-state index in [4.69, 9.17) is 5.73 Å². The average Bonchev–Trinajstić information content (AvgIpc) is 2.42. The Hall–Kier alpha value is -1.55. The van der Waals surface area contributed by atoms with Gasteiger partial charge in [-0.15, -0.1) is 0 Å². The van der Waals surface area contributed by atoms with Gasteiger partial charge in [-0.25, -0.2) is 0 Å². The number of nitrogens with zero attached hydrogens (tertiary/aromatic N) is 2. The molecule has 1 unspecified atom stereocenters. The molecule has 0 aromatic heterocycles. The number of hydrogen-bond acceptors (Lipinski definition) is 3. The zero-order valence-corrected chi connectivity index (χ0v) is 10.4. The molecule has 4 heteroatoms. The zero-order valence-electron chi connectivity index (χ0n) is 10.4. The summed E-state index contributed by atoms with van der Waals surface area (Å²) in [4.78, 5) is 15.7. The fraction of sp³-hybridized carbons (Fsp3) is 0.462. The van der Waals surface area contributed by atoms with E-state index < -0.39 is 6.04 Å². The van der Waals surface area contributed by atoms with Gasteiger partial charge in [0.1, 0.15) is 0 Å². The molecule has 17 heavy (non-hydrogen) atoms. The van der Waals surface area contributed by atoms with E-state index >= 15 is 0 Å². The molecule has 92 valence electrons. The molecule has 1 atom stereocenters. The smallest absolute Gasteiger partial charge is 0.243 e. The van der Waals surface area contributed by atoms with Crippen molar-refractivity contribution in [2.75, 3.05) is 13.6 Å². The van der Waals surface area contributed by atoms with Gasteiger partial charge in [-0.2, -0.15) is 0 Å². The summed E-state index contributed by atoms with van der Waals surface area (Å²) >= 11 is 0. The molecule has 0 aromatic carbocycles. The summed E-state index contributed by atoms with van der Waals surface area (Å²) in [5.74, 6) is -0.0163. The lowest BCUT2D eigenvalue weighted by Gasteiger charge is -2.29. The van der Waals surface area contributed by atoms with E-state index in [0.29, 0.717) is 6.42 Å². The summed E-state index contributed by atoms with van der Waals surface area (Å²) in [5, 5.41) is 0. The highest BCUT2D eigenvalue weighted by Gasteiger charge is 2.29. The molecule has 0 radical (unpaired) electrons. The molecule has 0 aliphatic carbocycles. The highest BCUT2D eigenvalue weighted by molar-refractivity contribution is 5.84. The number of likely N-dealkylation sites (N-methyl/N-ethyl adjacent to an activating group) is 2. The van der Waals surface area contributed by atoms with Crippen molar-refractivity contribution in [2.24, 2.45) is 5.73 Å². The summed E-state index contributed by atoms with van der Waals surface area (Å²) < 4.78 is 0. The third kappa shape index (κ3) is 2.00. The Morgan fingerprint density at radius 3 is 2.94 bits per heavy atom. The molecule has 2 aliphatic rings. The molecule has 0 saturated carbocycles. The Kier molecular flexibility index (Phi) is 3.07. The number of fused-ring (bicyclic) bond motifs is 1. The van der Waals surface area contributed by atoms with E-state index in [1.165, 1.54) is 5.57 Å². The summed E-state index contributed by atoms with van der Waals surface area (Å²) in [6.07, 6.45) is 5.59. The lowest BCUT2D eigenvalue weighted by atomic mass is 10.0. The summed E-state index contributed by atoms with van der Waals surface area (Å²) in [5.41, 5.74) is 8.87. The second-order valence-corrected chi connectivity index (χ2v) is 4.50. The molecule has 2 N–H and O–H groups in total. The van der Waals surface area contributed by atoms with Crippen LogP contribution in [0.1, 0.15) is 19.8 Å². The fourth-order valence-corrected chi connectivity index (χ4v) is 2.27. The first-order chi connectivity index (χ1) is 8.04. The predicted octanol–water partition coefficient (Wildman–Crippen LogP) is 1.18. The van der Waals surface area contributed by atoms with Gasteiger partial charge in [0, 0.05) is 25.5 Å². The summed E-state index contributed by atoms with van der Waals surface area (Å²) in [7, 11) is 1.78. The number of hydrogen-bond donors (Lipinski definition) is 1. The highest BCUT2D eigenvalue weighted by atomic mass is 16.2. The number of amides is 1. The Balaban J connectivity index is 2.38. The molecule has 4 nitrogen and oxygen atoms in total. The summed E-state index contributed by atoms with van der Waals surface area (Å²) in [6.45, 7) is 6.97. The van der Waals surface area contributed by atoms with Gasteiger partial charge < -0.3 is 15.5 Å². The predicted molar refractivity (Wildman–Crippen MR) is 67.7 cm³/mol. The molecule has 2 rings (SSSR count). The molecular weight excluding hydrogens is 214 g/mol. The number of rotatable bonds is 1. The SMILES string of the molecule is C=C1C=C2C(=CN1CC)CCC(N)C(=O)N2C. The van der Waals surface area contributed by atoms with Crippen LogP contribution in [0.15, 0.2) is 35.8 Å². The number of carbonyl (C=O) groups excluding carboxylic acids is 1. The Morgan fingerprint density at radius 2 is 2.29 bits per heavy atom. The maximum absolute atomic E-state index is 11.9. The number of nitrogens with two attached hydrogens (primary N) is 1. The molecule has 2 aliphatic heterocycles. The van der Waals surface area contributed by atoms with Crippen molar-refractivity contribution in [3.05, 3.63) is 35.8 Å². The Morgan fingerprint density at radius 1 is 1.59 bits per heavy atom. The maximum Gasteiger partial charge on any atom is 0.243 e. The van der Waals surface area contributed by atoms with E-state index in [0.717, 1.165) is 24.4 Å². The molecule has 2 heterocycles. The molecule has 1 saturated heterocycles. The average molecular weight is 233 g/mol. The van der Waals surface area contributed by atoms with E-state index in [-0.39, 0.29) is 5.91 Å². The monoisotopic (exact) mass is 233 g/mol. The minimum absolute atomic E-state index is 0.0163. The lowest BCUT2D eigenvalue weighted by Crippen LogP contribution is -2.39. The van der Waals surface area contributed by atoms with Gasteiger partial charge in [-0.3, -0.25) is 4.79 Å². The highest BCUT2D eigenvalue weighted by Crippen LogP contribution is 2.30. The lowest BCUT2D eigenvalue weighted by molar-refractivity contribution is -0.129. The second-order valence-electron chi connectivity index (χ2n) is 4.50. The third-order valence-corrected chi connectivity index (χ3v) is 3.39. The van der Waals surface area contributed by atoms with Gasteiger partial charge in [0.2, 0.25) is 5.91 Å². The van der Waals surface area contributed by atoms with Crippen LogP contribution in [0, 0.1) is 0 Å². The van der Waals surface area contributed by atoms with Crippen LogP contribution in [0.2, 0.25) is 0 Å². The van der Waals surface area contributed by atoms with E-state index in [2.05, 4.69) is 24.6 Å². The topological polar surface area (TPSA) is 49.6 Å². The molecule has 0 spiro atoms. The largest absolute Gasteiger partial charge is 0.348 e. The number of allylic oxidation sites excluding steroid dienone is 2. The summed E-state index contributed by atoms with van der Waals surface area (Å²) in [6, 6.07) is -0.393. The van der Waals surface area contributed by atoms with Gasteiger partial charge in [0.15, 0.2) is 0 Å². The van der Waals surface area contributed by atoms with E-state index in [9.17, 15) is 4.79 Å². The quantitative estimate of drug-likeness (QED) is 0.740. The Labute approximate surface area is 102 Å². The van der Waals surface area contributed by atoms with Crippen LogP contribution in [0.4, 0.5) is 0 Å². The van der Waals surface area contributed by atoms with Crippen molar-refractivity contribution < 1.29 is 4.79 Å². The van der Waals surface area contributed by atoms with Crippen molar-refractivity contribution in [1.82, 2.24) is 9.80 Å². The normalized spacial score (nSPS) is 25.2. The van der Waals surface area contributed by atoms with Crippen LogP contribution < -0.4 is 5.73 Å². The van der Waals surface area contributed by atoms with Crippen LogP contribution in [0.25, 0.3) is 0 Å². The number of carbonyl (C=O) groups is 1. The first-order valence-electron chi connectivity index (χ1n) is 5.96. The third-order valence-electron chi connectivity index (χ3n) is 3.39. The first kappa shape index (κ1) is 11.9. The van der Waals surface area contributed by atoms with Crippen LogP contribution >= 0.6 is 0 Å². The molecular formula is C13H19N3O. The van der Waals surface area contributed by atoms with Crippen molar-refractivity contribution in [3.8, 4) is 0 Å². The van der Waals surface area contributed by atoms with Crippen molar-refractivity contribution in [1.29, 1.82) is 0 Å². The van der Waals surface area contributed by atoms with Crippen LogP contribution in [0.5, 0.6) is 0 Å². The molecule has 1 amide bonds. The fourth-order valence-electron chi connectivity index (χ4n) is 2.27. The van der Waals surface area contributed by atoms with Crippen molar-refractivity contribution in [2.45, 2.75) is 25.8 Å². The first-order valence-corrected chi connectivity index (χ1v) is 5.96. The molecule has 0 aromatic rings. The van der Waals surface area contributed by atoms with E-state index in [1.54, 1.807) is 11.9 Å². The van der Waals surface area contributed by atoms with Crippen LogP contribution in [-0.4, -0.2) is 35.3 Å². The minimum atomic E-state index is -0.393. The minimum Gasteiger partial charge on any atom is -0.348 e. The number of likely N-dealkylation sites (tertiary alicyclic amines) is 1. The van der Waals surface area contributed by atoms with Gasteiger partial charge in [-0.1, -0.05) is 6.58 Å². The van der Waals surface area contributed by atoms with E-state index in [1.807, 2.05) is 6.08 Å². The molecule has 1 fully saturated rings. The standard InChI is InChI=1S/C13H19N3O/c1-4-16-8-10-5-6-11(14)13(17)15(3)12(10)7-9(16)2/h7-8,11H,2,4-6,14H2,1,3H3. The zero-order chi connectivity index (χ0) is 12.6. The van der Waals surface area contributed by atoms with Gasteiger partial charge in [-0.05, 0) is 31.4 Å². The Bertz CT molecular complexity index is 422. The maximum atomic E-state index is 11.9. The van der Waals surface area contributed by atoms with Gasteiger partial charge >= 0.3 is 0 Å².